The van der Waals surface area contributed by atoms with Gasteiger partial charge in [-0.15, -0.1) is 0 Å². The Morgan fingerprint density at radius 3 is 2.67 bits per heavy atom. The van der Waals surface area contributed by atoms with Crippen LogP contribution in [0.5, 0.6) is 11.5 Å². The largest absolute Gasteiger partial charge is 0.490 e. The summed E-state index contributed by atoms with van der Waals surface area (Å²) >= 11 is 1.35. The number of amides is 1. The van der Waals surface area contributed by atoms with Gasteiger partial charge in [0.2, 0.25) is 5.17 Å². The Kier molecular flexibility index (Phi) is 6.93. The molecule has 2 aromatic rings. The molecule has 0 unspecified atom stereocenters. The van der Waals surface area contributed by atoms with Gasteiger partial charge in [0, 0.05) is 0 Å². The number of fused-ring (bicyclic) bond motifs is 1. The van der Waals surface area contributed by atoms with Gasteiger partial charge in [0.15, 0.2) is 17.3 Å². The van der Waals surface area contributed by atoms with Crippen molar-refractivity contribution in [3.8, 4) is 11.5 Å². The van der Waals surface area contributed by atoms with E-state index in [1.54, 1.807) is 6.08 Å². The number of benzene rings is 2. The molecule has 7 nitrogen and oxygen atoms in total. The molecule has 2 aliphatic heterocycles. The molecule has 1 amide bonds. The van der Waals surface area contributed by atoms with E-state index in [4.69, 9.17) is 14.9 Å². The van der Waals surface area contributed by atoms with Gasteiger partial charge in [0.1, 0.15) is 11.1 Å². The lowest BCUT2D eigenvalue weighted by molar-refractivity contribution is -0.114. The fraction of sp³-hybridized carbons (Fsp3) is 0.280. The van der Waals surface area contributed by atoms with Crippen LogP contribution >= 0.6 is 11.8 Å². The summed E-state index contributed by atoms with van der Waals surface area (Å²) in [6.45, 7) is 6.43. The van der Waals surface area contributed by atoms with Crippen molar-refractivity contribution >= 4 is 39.8 Å². The molecule has 0 aliphatic carbocycles. The first kappa shape index (κ1) is 22.8. The number of nitrogens with zero attached hydrogens (tertiary/aromatic N) is 3. The zero-order valence-electron chi connectivity index (χ0n) is 18.9. The van der Waals surface area contributed by atoms with Crippen LogP contribution in [0.15, 0.2) is 64.2 Å². The minimum atomic E-state index is -0.442. The molecule has 0 fully saturated rings. The fourth-order valence-electron chi connectivity index (χ4n) is 3.48. The van der Waals surface area contributed by atoms with Gasteiger partial charge in [0.05, 0.1) is 12.2 Å². The van der Waals surface area contributed by atoms with Gasteiger partial charge < -0.3 is 9.47 Å². The van der Waals surface area contributed by atoms with Crippen LogP contribution < -0.4 is 9.47 Å². The lowest BCUT2D eigenvalue weighted by atomic mass is 10.1. The number of carbonyl (C=O) groups is 1. The predicted molar refractivity (Wildman–Crippen MR) is 133 cm³/mol. The lowest BCUT2D eigenvalue weighted by Gasteiger charge is -2.20. The second kappa shape index (κ2) is 10.0. The van der Waals surface area contributed by atoms with Crippen molar-refractivity contribution in [3.63, 3.8) is 0 Å². The third-order valence-corrected chi connectivity index (χ3v) is 6.08. The van der Waals surface area contributed by atoms with Gasteiger partial charge in [-0.2, -0.15) is 15.1 Å². The molecule has 33 heavy (non-hydrogen) atoms. The third kappa shape index (κ3) is 5.01. The van der Waals surface area contributed by atoms with E-state index in [-0.39, 0.29) is 17.5 Å². The summed E-state index contributed by atoms with van der Waals surface area (Å²) in [4.78, 5) is 16.8. The molecule has 8 heteroatoms. The maximum Gasteiger partial charge on any atom is 0.283 e. The molecule has 2 aliphatic rings. The van der Waals surface area contributed by atoms with Crippen molar-refractivity contribution in [1.29, 1.82) is 5.41 Å². The van der Waals surface area contributed by atoms with Gasteiger partial charge in [-0.25, -0.2) is 0 Å². The van der Waals surface area contributed by atoms with E-state index in [2.05, 4.69) is 17.0 Å². The second-order valence-corrected chi connectivity index (χ2v) is 8.61. The number of carbonyl (C=O) groups excluding carboxylic acids is 1. The van der Waals surface area contributed by atoms with Crippen molar-refractivity contribution in [2.24, 2.45) is 10.1 Å². The van der Waals surface area contributed by atoms with E-state index in [1.165, 1.54) is 16.8 Å². The summed E-state index contributed by atoms with van der Waals surface area (Å²) in [6.07, 6.45) is 3.23. The number of amidine groups is 2. The van der Waals surface area contributed by atoms with Gasteiger partial charge in [0.25, 0.3) is 5.91 Å². The Hall–Kier alpha value is -3.39. The Balaban J connectivity index is 1.60. The zero-order chi connectivity index (χ0) is 23.4. The lowest BCUT2D eigenvalue weighted by Crippen LogP contribution is -2.35. The van der Waals surface area contributed by atoms with Crippen LogP contribution in [-0.2, 0) is 4.79 Å². The number of thioether (sulfide) groups is 1. The maximum atomic E-state index is 12.7. The average molecular weight is 463 g/mol. The van der Waals surface area contributed by atoms with Gasteiger partial charge in [-0.3, -0.25) is 10.2 Å². The van der Waals surface area contributed by atoms with Gasteiger partial charge in [-0.05, 0) is 67.8 Å². The standard InChI is InChI=1S/C25H26N4O3S/c1-4-9-22-28-29-23(26)19(24(30)27-25(29)33-22)14-17-12-13-20(21(15-17)31-5-2)32-16(3)18-10-7-6-8-11-18/h6-8,10-16,26H,4-5,9H2,1-3H3/b19-14-,26-23?/t16-/m1/s1. The van der Waals surface area contributed by atoms with Gasteiger partial charge in [-0.1, -0.05) is 43.3 Å². The zero-order valence-corrected chi connectivity index (χ0v) is 19.7. The van der Waals surface area contributed by atoms with Crippen molar-refractivity contribution in [2.75, 3.05) is 6.61 Å². The van der Waals surface area contributed by atoms with E-state index in [1.807, 2.05) is 62.4 Å². The predicted octanol–water partition coefficient (Wildman–Crippen LogP) is 5.64. The quantitative estimate of drug-likeness (QED) is 0.513. The summed E-state index contributed by atoms with van der Waals surface area (Å²) in [5.41, 5.74) is 1.97. The van der Waals surface area contributed by atoms with Crippen LogP contribution in [0.25, 0.3) is 6.08 Å². The highest BCUT2D eigenvalue weighted by molar-refractivity contribution is 8.26. The molecule has 0 radical (unpaired) electrons. The minimum Gasteiger partial charge on any atom is -0.490 e. The summed E-state index contributed by atoms with van der Waals surface area (Å²) in [5.74, 6) is 0.779. The normalized spacial score (nSPS) is 17.5. The first-order valence-electron chi connectivity index (χ1n) is 11.0. The first-order valence-corrected chi connectivity index (χ1v) is 11.8. The Morgan fingerprint density at radius 1 is 1.15 bits per heavy atom. The summed E-state index contributed by atoms with van der Waals surface area (Å²) in [7, 11) is 0. The molecule has 0 spiro atoms. The van der Waals surface area contributed by atoms with Crippen molar-refractivity contribution in [2.45, 2.75) is 39.7 Å². The van der Waals surface area contributed by atoms with Crippen LogP contribution in [0.3, 0.4) is 0 Å². The number of hydrogen-bond acceptors (Lipinski definition) is 6. The number of nitrogens with one attached hydrogen (secondary N) is 1. The Morgan fingerprint density at radius 2 is 1.94 bits per heavy atom. The summed E-state index contributed by atoms with van der Waals surface area (Å²) in [6, 6.07) is 15.4. The second-order valence-electron chi connectivity index (χ2n) is 7.57. The Bertz CT molecular complexity index is 1160. The van der Waals surface area contributed by atoms with Gasteiger partial charge >= 0.3 is 0 Å². The number of ether oxygens (including phenoxy) is 2. The molecular formula is C25H26N4O3S. The van der Waals surface area contributed by atoms with Crippen LogP contribution in [0.4, 0.5) is 0 Å². The minimum absolute atomic E-state index is 0.0274. The smallest absolute Gasteiger partial charge is 0.283 e. The number of rotatable bonds is 8. The van der Waals surface area contributed by atoms with Crippen molar-refractivity contribution < 1.29 is 14.3 Å². The van der Waals surface area contributed by atoms with Crippen LogP contribution in [-0.4, -0.2) is 33.6 Å². The van der Waals surface area contributed by atoms with E-state index >= 15 is 0 Å². The molecule has 0 saturated carbocycles. The Labute approximate surface area is 197 Å². The first-order chi connectivity index (χ1) is 16.0. The number of aliphatic imine (C=N–C) groups is 1. The molecular weight excluding hydrogens is 436 g/mol. The SMILES string of the molecule is CCCC1=NN2C(=N)/C(=C/c3ccc(O[C@H](C)c4ccccc4)c(OCC)c3)C(=O)N=C2S1. The molecule has 1 atom stereocenters. The molecule has 4 rings (SSSR count). The van der Waals surface area contributed by atoms with Crippen LogP contribution in [0.1, 0.15) is 50.8 Å². The molecule has 2 aromatic carbocycles. The van der Waals surface area contributed by atoms with E-state index in [9.17, 15) is 4.79 Å². The summed E-state index contributed by atoms with van der Waals surface area (Å²) in [5, 5.41) is 15.7. The monoisotopic (exact) mass is 462 g/mol. The molecule has 0 aromatic heterocycles. The molecule has 1 N–H and O–H groups in total. The third-order valence-electron chi connectivity index (χ3n) is 5.11. The maximum absolute atomic E-state index is 12.7. The molecule has 0 bridgehead atoms. The number of hydrazone groups is 1. The van der Waals surface area contributed by atoms with E-state index in [0.29, 0.717) is 23.3 Å². The molecule has 0 saturated heterocycles. The van der Waals surface area contributed by atoms with Crippen molar-refractivity contribution in [1.82, 2.24) is 5.01 Å². The molecule has 2 heterocycles. The van der Waals surface area contributed by atoms with Crippen LogP contribution in [0, 0.1) is 5.41 Å². The fourth-order valence-corrected chi connectivity index (χ4v) is 4.46. The topological polar surface area (TPSA) is 87.3 Å². The number of hydrogen-bond donors (Lipinski definition) is 1. The van der Waals surface area contributed by atoms with Crippen molar-refractivity contribution in [3.05, 3.63) is 65.2 Å². The van der Waals surface area contributed by atoms with E-state index in [0.717, 1.165) is 29.0 Å². The highest BCUT2D eigenvalue weighted by Crippen LogP contribution is 2.34. The summed E-state index contributed by atoms with van der Waals surface area (Å²) < 4.78 is 12.0. The average Bonchev–Trinajstić information content (AvgIpc) is 3.21. The van der Waals surface area contributed by atoms with E-state index < -0.39 is 5.91 Å². The molecule has 170 valence electrons. The highest BCUT2D eigenvalue weighted by Gasteiger charge is 2.35. The van der Waals surface area contributed by atoms with Crippen LogP contribution in [0.2, 0.25) is 0 Å². The highest BCUT2D eigenvalue weighted by atomic mass is 32.2.